The minimum atomic E-state index is -0.406. The van der Waals surface area contributed by atoms with Crippen LogP contribution in [0.1, 0.15) is 30.9 Å². The second-order valence-electron chi connectivity index (χ2n) is 6.20. The van der Waals surface area contributed by atoms with Crippen LogP contribution in [0, 0.1) is 5.82 Å². The summed E-state index contributed by atoms with van der Waals surface area (Å²) in [5.74, 6) is -0.406. The monoisotopic (exact) mass is 331 g/mol. The van der Waals surface area contributed by atoms with Gasteiger partial charge in [-0.2, -0.15) is 10.2 Å². The van der Waals surface area contributed by atoms with Gasteiger partial charge in [-0.25, -0.2) is 4.39 Å². The lowest BCUT2D eigenvalue weighted by atomic mass is 10.0. The fourth-order valence-corrected chi connectivity index (χ4v) is 2.93. The van der Waals surface area contributed by atoms with E-state index in [1.165, 1.54) is 18.5 Å². The van der Waals surface area contributed by atoms with Crippen LogP contribution in [0.5, 0.6) is 0 Å². The molecule has 1 unspecified atom stereocenters. The minimum absolute atomic E-state index is 0.177. The van der Waals surface area contributed by atoms with Crippen LogP contribution >= 0.6 is 0 Å². The molecule has 1 aliphatic rings. The topological polar surface area (TPSA) is 88.2 Å². The van der Waals surface area contributed by atoms with Crippen LogP contribution in [0.15, 0.2) is 30.7 Å². The van der Waals surface area contributed by atoms with Crippen molar-refractivity contribution in [3.63, 3.8) is 0 Å². The van der Waals surface area contributed by atoms with Crippen LogP contribution < -0.4 is 5.73 Å². The van der Waals surface area contributed by atoms with Crippen LogP contribution in [0.4, 0.5) is 4.39 Å². The van der Waals surface area contributed by atoms with Gasteiger partial charge in [-0.05, 0) is 43.5 Å². The van der Waals surface area contributed by atoms with E-state index in [1.54, 1.807) is 12.3 Å². The molecule has 3 heterocycles. The van der Waals surface area contributed by atoms with Gasteiger partial charge >= 0.3 is 0 Å². The van der Waals surface area contributed by atoms with Crippen molar-refractivity contribution in [2.75, 3.05) is 19.6 Å². The zero-order chi connectivity index (χ0) is 16.9. The third kappa shape index (κ3) is 4.11. The molecule has 0 spiro atoms. The Labute approximate surface area is 140 Å². The van der Waals surface area contributed by atoms with E-state index in [0.717, 1.165) is 38.9 Å². The molecule has 24 heavy (non-hydrogen) atoms. The van der Waals surface area contributed by atoms with Crippen LogP contribution in [-0.2, 0) is 0 Å². The molecule has 0 bridgehead atoms. The number of piperidine rings is 1. The highest BCUT2D eigenvalue weighted by Gasteiger charge is 2.18. The molecule has 0 saturated carbocycles. The van der Waals surface area contributed by atoms with Gasteiger partial charge in [0.2, 0.25) is 0 Å². The molecule has 0 amide bonds. The fourth-order valence-electron chi connectivity index (χ4n) is 2.93. The molecule has 3 rings (SSSR count). The summed E-state index contributed by atoms with van der Waals surface area (Å²) < 4.78 is 14.3. The number of likely N-dealkylation sites (tertiary alicyclic amines) is 1. The van der Waals surface area contributed by atoms with E-state index < -0.39 is 5.82 Å². The van der Waals surface area contributed by atoms with Crippen molar-refractivity contribution < 1.29 is 9.50 Å². The number of rotatable bonds is 5. The second-order valence-corrected chi connectivity index (χ2v) is 6.20. The van der Waals surface area contributed by atoms with Crippen molar-refractivity contribution in [1.29, 1.82) is 0 Å². The van der Waals surface area contributed by atoms with Gasteiger partial charge < -0.3 is 15.7 Å². The molecule has 2 aromatic rings. The normalized spacial score (nSPS) is 17.8. The Balaban J connectivity index is 1.61. The number of aliphatic hydroxyl groups excluding tert-OH is 1. The molecule has 1 aliphatic heterocycles. The first-order valence-corrected chi connectivity index (χ1v) is 8.22. The zero-order valence-electron chi connectivity index (χ0n) is 13.5. The average molecular weight is 331 g/mol. The van der Waals surface area contributed by atoms with Gasteiger partial charge in [0.1, 0.15) is 11.5 Å². The molecule has 0 aromatic carbocycles. The summed E-state index contributed by atoms with van der Waals surface area (Å²) in [4.78, 5) is 6.49. The third-order valence-corrected chi connectivity index (χ3v) is 4.46. The van der Waals surface area contributed by atoms with E-state index in [-0.39, 0.29) is 17.8 Å². The molecule has 3 N–H and O–H groups in total. The number of hydrogen-bond donors (Lipinski definition) is 2. The van der Waals surface area contributed by atoms with Crippen LogP contribution in [0.25, 0.3) is 11.3 Å². The third-order valence-electron chi connectivity index (χ3n) is 4.46. The van der Waals surface area contributed by atoms with E-state index in [2.05, 4.69) is 20.1 Å². The summed E-state index contributed by atoms with van der Waals surface area (Å²) in [6, 6.07) is 2.86. The van der Waals surface area contributed by atoms with Crippen LogP contribution in [0.2, 0.25) is 0 Å². The van der Waals surface area contributed by atoms with E-state index in [9.17, 15) is 9.50 Å². The van der Waals surface area contributed by atoms with Gasteiger partial charge in [0.15, 0.2) is 0 Å². The van der Waals surface area contributed by atoms with E-state index in [0.29, 0.717) is 11.1 Å². The number of pyridine rings is 1. The summed E-state index contributed by atoms with van der Waals surface area (Å²) in [5.41, 5.74) is 7.73. The first kappa shape index (κ1) is 16.9. The number of nitrogens with two attached hydrogens (primary N) is 1. The summed E-state index contributed by atoms with van der Waals surface area (Å²) in [6.07, 6.45) is 6.78. The number of nitrogens with zero attached hydrogens (tertiary/aromatic N) is 4. The predicted octanol–water partition coefficient (Wildman–Crippen LogP) is 1.52. The Morgan fingerprint density at radius 2 is 2.08 bits per heavy atom. The molecule has 0 aliphatic carbocycles. The molecule has 2 aromatic heterocycles. The molecule has 0 radical (unpaired) electrons. The molecule has 1 atom stereocenters. The van der Waals surface area contributed by atoms with Gasteiger partial charge in [0.25, 0.3) is 0 Å². The summed E-state index contributed by atoms with van der Waals surface area (Å²) >= 11 is 0. The Kier molecular flexibility index (Phi) is 5.44. The highest BCUT2D eigenvalue weighted by molar-refractivity contribution is 5.58. The molecule has 128 valence electrons. The Morgan fingerprint density at radius 1 is 1.29 bits per heavy atom. The fraction of sp³-hybridized carbons (Fsp3) is 0.471. The van der Waals surface area contributed by atoms with Gasteiger partial charge in [0, 0.05) is 30.9 Å². The van der Waals surface area contributed by atoms with E-state index in [4.69, 9.17) is 5.73 Å². The van der Waals surface area contributed by atoms with Gasteiger partial charge in [-0.1, -0.05) is 0 Å². The lowest BCUT2D eigenvalue weighted by molar-refractivity contribution is 0.0812. The first-order chi connectivity index (χ1) is 11.6. The summed E-state index contributed by atoms with van der Waals surface area (Å²) in [5, 5.41) is 16.9. The molecular weight excluding hydrogens is 309 g/mol. The molecular formula is C17H22FN5O. The maximum Gasteiger partial charge on any atom is 0.149 e. The highest BCUT2D eigenvalue weighted by atomic mass is 19.1. The SMILES string of the molecule is NC(CCN1CCC(O)CC1)c1cnc(-c2ccnnc2)c(F)c1. The number of aliphatic hydroxyl groups is 1. The quantitative estimate of drug-likeness (QED) is 0.864. The maximum atomic E-state index is 14.3. The van der Waals surface area contributed by atoms with Crippen molar-refractivity contribution in [2.24, 2.45) is 5.73 Å². The molecule has 6 nitrogen and oxygen atoms in total. The Bertz CT molecular complexity index is 661. The molecule has 1 fully saturated rings. The van der Waals surface area contributed by atoms with Crippen molar-refractivity contribution >= 4 is 0 Å². The van der Waals surface area contributed by atoms with Crippen molar-refractivity contribution in [1.82, 2.24) is 20.1 Å². The summed E-state index contributed by atoms with van der Waals surface area (Å²) in [7, 11) is 0. The molecule has 7 heteroatoms. The van der Waals surface area contributed by atoms with E-state index >= 15 is 0 Å². The van der Waals surface area contributed by atoms with Crippen molar-refractivity contribution in [3.05, 3.63) is 42.1 Å². The number of halogens is 1. The van der Waals surface area contributed by atoms with Crippen molar-refractivity contribution in [2.45, 2.75) is 31.4 Å². The zero-order valence-corrected chi connectivity index (χ0v) is 13.5. The predicted molar refractivity (Wildman–Crippen MR) is 88.4 cm³/mol. The first-order valence-electron chi connectivity index (χ1n) is 8.22. The van der Waals surface area contributed by atoms with Crippen molar-refractivity contribution in [3.8, 4) is 11.3 Å². The standard InChI is InChI=1S/C17H22FN5O/c18-15-9-13(10-20-17(15)12-1-5-21-22-11-12)16(19)4-8-23-6-2-14(24)3-7-23/h1,5,9-11,14,16,24H,2-4,6-8,19H2. The Hall–Kier alpha value is -1.96. The second kappa shape index (κ2) is 7.74. The number of aromatic nitrogens is 3. The number of hydrogen-bond acceptors (Lipinski definition) is 6. The largest absolute Gasteiger partial charge is 0.393 e. The highest BCUT2D eigenvalue weighted by Crippen LogP contribution is 2.23. The van der Waals surface area contributed by atoms with E-state index in [1.807, 2.05) is 0 Å². The van der Waals surface area contributed by atoms with Gasteiger partial charge in [0.05, 0.1) is 18.5 Å². The molecule has 1 saturated heterocycles. The maximum absolute atomic E-state index is 14.3. The lowest BCUT2D eigenvalue weighted by Gasteiger charge is -2.30. The lowest BCUT2D eigenvalue weighted by Crippen LogP contribution is -2.37. The average Bonchev–Trinajstić information content (AvgIpc) is 2.61. The summed E-state index contributed by atoms with van der Waals surface area (Å²) in [6.45, 7) is 2.61. The smallest absolute Gasteiger partial charge is 0.149 e. The van der Waals surface area contributed by atoms with Crippen LogP contribution in [0.3, 0.4) is 0 Å². The van der Waals surface area contributed by atoms with Crippen LogP contribution in [-0.4, -0.2) is 50.9 Å². The van der Waals surface area contributed by atoms with Gasteiger partial charge in [-0.15, -0.1) is 0 Å². The minimum Gasteiger partial charge on any atom is -0.393 e. The Morgan fingerprint density at radius 3 is 2.75 bits per heavy atom. The van der Waals surface area contributed by atoms with Gasteiger partial charge in [-0.3, -0.25) is 4.98 Å².